The van der Waals surface area contributed by atoms with Crippen molar-refractivity contribution < 1.29 is 18.7 Å². The molecule has 2 aromatic heterocycles. The van der Waals surface area contributed by atoms with Gasteiger partial charge in [0.25, 0.3) is 17.4 Å². The van der Waals surface area contributed by atoms with Crippen molar-refractivity contribution in [3.63, 3.8) is 0 Å². The molecular weight excluding hydrogens is 322 g/mol. The van der Waals surface area contributed by atoms with Crippen molar-refractivity contribution in [3.05, 3.63) is 42.5 Å². The number of unbranched alkanes of at least 4 members (excludes halogenated alkanes) is 1. The summed E-state index contributed by atoms with van der Waals surface area (Å²) in [5.74, 6) is 0.560. The van der Waals surface area contributed by atoms with E-state index in [-0.39, 0.29) is 6.54 Å². The third kappa shape index (κ3) is 3.22. The number of carbonyl (C=O) groups excluding carboxylic acids is 2. The molecule has 1 unspecified atom stereocenters. The lowest BCUT2D eigenvalue weighted by Crippen LogP contribution is -2.62. The molecule has 0 aliphatic carbocycles. The summed E-state index contributed by atoms with van der Waals surface area (Å²) in [5.41, 5.74) is -1.64. The Morgan fingerprint density at radius 3 is 2.92 bits per heavy atom. The number of aromatic nitrogens is 1. The van der Waals surface area contributed by atoms with Crippen molar-refractivity contribution >= 4 is 17.6 Å². The summed E-state index contributed by atoms with van der Waals surface area (Å²) in [6.45, 7) is 4.21. The molecule has 0 saturated heterocycles. The topological polar surface area (TPSA) is 84.7 Å². The van der Waals surface area contributed by atoms with Crippen LogP contribution in [0.2, 0.25) is 0 Å². The first-order valence-corrected chi connectivity index (χ1v) is 8.33. The predicted octanol–water partition coefficient (Wildman–Crippen LogP) is 2.28. The van der Waals surface area contributed by atoms with Gasteiger partial charge in [-0.25, -0.2) is 4.98 Å². The Labute approximate surface area is 146 Å². The molecule has 25 heavy (non-hydrogen) atoms. The van der Waals surface area contributed by atoms with Crippen LogP contribution in [-0.2, 0) is 16.1 Å². The second-order valence-electron chi connectivity index (χ2n) is 6.03. The number of pyridine rings is 1. The first-order chi connectivity index (χ1) is 12.1. The predicted molar refractivity (Wildman–Crippen MR) is 91.1 cm³/mol. The number of anilines is 1. The van der Waals surface area contributed by atoms with E-state index in [4.69, 9.17) is 9.15 Å². The monoisotopic (exact) mass is 343 g/mol. The molecule has 0 spiro atoms. The molecule has 7 heteroatoms. The molecule has 0 bridgehead atoms. The van der Waals surface area contributed by atoms with Gasteiger partial charge in [0.05, 0.1) is 12.8 Å². The van der Waals surface area contributed by atoms with E-state index in [2.05, 4.69) is 10.3 Å². The fourth-order valence-electron chi connectivity index (χ4n) is 2.70. The van der Waals surface area contributed by atoms with Gasteiger partial charge in [0.15, 0.2) is 11.6 Å². The molecule has 0 fully saturated rings. The first kappa shape index (κ1) is 17.0. The maximum absolute atomic E-state index is 13.0. The van der Waals surface area contributed by atoms with Crippen LogP contribution < -0.4 is 15.0 Å². The standard InChI is InChI=1S/C18H21N3O4/c1-3-4-10-21-15-14(8-5-9-19-15)25-18(2,17(21)23)16(22)20-12-13-7-6-11-24-13/h5-9,11H,3-4,10,12H2,1-2H3,(H,20,22). The van der Waals surface area contributed by atoms with Gasteiger partial charge in [0, 0.05) is 12.7 Å². The van der Waals surface area contributed by atoms with Crippen molar-refractivity contribution in [2.75, 3.05) is 11.4 Å². The second kappa shape index (κ2) is 6.96. The number of hydrogen-bond donors (Lipinski definition) is 1. The fourth-order valence-corrected chi connectivity index (χ4v) is 2.70. The zero-order valence-electron chi connectivity index (χ0n) is 14.3. The highest BCUT2D eigenvalue weighted by atomic mass is 16.5. The molecule has 1 aliphatic heterocycles. The van der Waals surface area contributed by atoms with Crippen LogP contribution in [0, 0.1) is 0 Å². The lowest BCUT2D eigenvalue weighted by Gasteiger charge is -2.38. The van der Waals surface area contributed by atoms with E-state index in [1.807, 2.05) is 6.92 Å². The summed E-state index contributed by atoms with van der Waals surface area (Å²) in [6.07, 6.45) is 4.87. The van der Waals surface area contributed by atoms with Gasteiger partial charge in [0.2, 0.25) is 0 Å². The van der Waals surface area contributed by atoms with E-state index in [1.165, 1.54) is 18.1 Å². The fraction of sp³-hybridized carbons (Fsp3) is 0.389. The molecule has 0 radical (unpaired) electrons. The van der Waals surface area contributed by atoms with E-state index in [1.54, 1.807) is 30.5 Å². The Morgan fingerprint density at radius 1 is 1.36 bits per heavy atom. The van der Waals surface area contributed by atoms with Crippen molar-refractivity contribution in [1.82, 2.24) is 10.3 Å². The first-order valence-electron chi connectivity index (χ1n) is 8.33. The van der Waals surface area contributed by atoms with E-state index in [0.29, 0.717) is 23.9 Å². The van der Waals surface area contributed by atoms with Crippen LogP contribution in [0.15, 0.2) is 41.1 Å². The largest absolute Gasteiger partial charge is 0.467 e. The van der Waals surface area contributed by atoms with Crippen molar-refractivity contribution in [3.8, 4) is 5.75 Å². The molecule has 0 aromatic carbocycles. The van der Waals surface area contributed by atoms with E-state index < -0.39 is 17.4 Å². The average molecular weight is 343 g/mol. The van der Waals surface area contributed by atoms with Gasteiger partial charge in [-0.3, -0.25) is 14.5 Å². The van der Waals surface area contributed by atoms with Gasteiger partial charge in [-0.2, -0.15) is 0 Å². The van der Waals surface area contributed by atoms with Crippen LogP contribution in [0.3, 0.4) is 0 Å². The normalized spacial score (nSPS) is 19.3. The minimum Gasteiger partial charge on any atom is -0.467 e. The van der Waals surface area contributed by atoms with Gasteiger partial charge < -0.3 is 14.5 Å². The highest BCUT2D eigenvalue weighted by Gasteiger charge is 2.51. The zero-order valence-corrected chi connectivity index (χ0v) is 14.3. The lowest BCUT2D eigenvalue weighted by molar-refractivity contribution is -0.148. The molecule has 1 N–H and O–H groups in total. The van der Waals surface area contributed by atoms with Crippen molar-refractivity contribution in [2.24, 2.45) is 0 Å². The summed E-state index contributed by atoms with van der Waals surface area (Å²) in [7, 11) is 0. The van der Waals surface area contributed by atoms with Crippen LogP contribution in [0.4, 0.5) is 5.82 Å². The average Bonchev–Trinajstić information content (AvgIpc) is 3.13. The summed E-state index contributed by atoms with van der Waals surface area (Å²) in [4.78, 5) is 31.5. The van der Waals surface area contributed by atoms with E-state index in [9.17, 15) is 9.59 Å². The molecule has 132 valence electrons. The maximum Gasteiger partial charge on any atom is 0.282 e. The molecule has 2 amide bonds. The van der Waals surface area contributed by atoms with Crippen molar-refractivity contribution in [2.45, 2.75) is 38.8 Å². The van der Waals surface area contributed by atoms with Crippen LogP contribution in [-0.4, -0.2) is 28.9 Å². The molecule has 3 rings (SSSR count). The highest BCUT2D eigenvalue weighted by molar-refractivity contribution is 6.16. The third-order valence-corrected chi connectivity index (χ3v) is 4.15. The number of ether oxygens (including phenoxy) is 1. The van der Waals surface area contributed by atoms with E-state index in [0.717, 1.165) is 12.8 Å². The number of nitrogens with one attached hydrogen (secondary N) is 1. The summed E-state index contributed by atoms with van der Waals surface area (Å²) < 4.78 is 11.0. The summed E-state index contributed by atoms with van der Waals surface area (Å²) >= 11 is 0. The molecule has 1 atom stereocenters. The Bertz CT molecular complexity index is 759. The van der Waals surface area contributed by atoms with E-state index >= 15 is 0 Å². The molecule has 2 aromatic rings. The molecular formula is C18H21N3O4. The second-order valence-corrected chi connectivity index (χ2v) is 6.03. The van der Waals surface area contributed by atoms with Gasteiger partial charge in [-0.05, 0) is 37.6 Å². The molecule has 7 nitrogen and oxygen atoms in total. The molecule has 0 saturated carbocycles. The lowest BCUT2D eigenvalue weighted by atomic mass is 10.0. The SMILES string of the molecule is CCCCN1C(=O)C(C)(C(=O)NCc2ccco2)Oc2cccnc21. The minimum absolute atomic E-state index is 0.187. The third-order valence-electron chi connectivity index (χ3n) is 4.15. The number of fused-ring (bicyclic) bond motifs is 1. The van der Waals surface area contributed by atoms with Crippen molar-refractivity contribution in [1.29, 1.82) is 0 Å². The summed E-state index contributed by atoms with van der Waals surface area (Å²) in [6, 6.07) is 6.92. The number of rotatable bonds is 6. The number of nitrogens with zero attached hydrogens (tertiary/aromatic N) is 2. The number of carbonyl (C=O) groups is 2. The Morgan fingerprint density at radius 2 is 2.20 bits per heavy atom. The van der Waals surface area contributed by atoms with Gasteiger partial charge in [-0.1, -0.05) is 13.3 Å². The molecule has 1 aliphatic rings. The smallest absolute Gasteiger partial charge is 0.282 e. The minimum atomic E-state index is -1.64. The van der Waals surface area contributed by atoms with Gasteiger partial charge in [-0.15, -0.1) is 0 Å². The summed E-state index contributed by atoms with van der Waals surface area (Å²) in [5, 5.41) is 2.71. The number of amides is 2. The van der Waals surface area contributed by atoms with Crippen LogP contribution in [0.1, 0.15) is 32.4 Å². The molecule has 3 heterocycles. The quantitative estimate of drug-likeness (QED) is 0.814. The Hall–Kier alpha value is -2.83. The van der Waals surface area contributed by atoms with Crippen LogP contribution in [0.25, 0.3) is 0 Å². The number of hydrogen-bond acceptors (Lipinski definition) is 5. The number of furan rings is 1. The van der Waals surface area contributed by atoms with Crippen LogP contribution in [0.5, 0.6) is 5.75 Å². The Kier molecular flexibility index (Phi) is 4.74. The maximum atomic E-state index is 13.0. The zero-order chi connectivity index (χ0) is 17.9. The van der Waals surface area contributed by atoms with Crippen LogP contribution >= 0.6 is 0 Å². The van der Waals surface area contributed by atoms with Gasteiger partial charge in [0.1, 0.15) is 5.76 Å². The van der Waals surface area contributed by atoms with Gasteiger partial charge >= 0.3 is 0 Å². The Balaban J connectivity index is 1.84. The highest BCUT2D eigenvalue weighted by Crippen LogP contribution is 2.36.